The summed E-state index contributed by atoms with van der Waals surface area (Å²) in [4.78, 5) is 12.2. The summed E-state index contributed by atoms with van der Waals surface area (Å²) in [7, 11) is 1.52. The third-order valence-electron chi connectivity index (χ3n) is 1.85. The van der Waals surface area contributed by atoms with Gasteiger partial charge in [-0.25, -0.2) is 9.97 Å². The first-order valence-electron chi connectivity index (χ1n) is 4.31. The number of rotatable bonds is 2. The summed E-state index contributed by atoms with van der Waals surface area (Å²) < 4.78 is 5.05. The minimum atomic E-state index is 0.113. The molecule has 0 bridgehead atoms. The number of ether oxygens (including phenoxy) is 1. The zero-order chi connectivity index (χ0) is 10.7. The van der Waals surface area contributed by atoms with Crippen LogP contribution in [0.4, 0.5) is 0 Å². The van der Waals surface area contributed by atoms with Crippen LogP contribution in [0.5, 0.6) is 11.6 Å². The van der Waals surface area contributed by atoms with Crippen LogP contribution in [0, 0.1) is 0 Å². The zero-order valence-corrected chi connectivity index (χ0v) is 8.08. The predicted octanol–water partition coefficient (Wildman–Crippen LogP) is 1.25. The fourth-order valence-corrected chi connectivity index (χ4v) is 1.18. The predicted molar refractivity (Wildman–Crippen MR) is 53.5 cm³/mol. The standard InChI is InChI=1S/C10H9N3O2/c1-15-10-9(11-4-5-12-10)8-3-2-7(14)6-13-8/h2-6,14H,1H3. The van der Waals surface area contributed by atoms with Gasteiger partial charge in [0, 0.05) is 12.4 Å². The molecule has 0 fully saturated rings. The molecule has 0 spiro atoms. The van der Waals surface area contributed by atoms with Gasteiger partial charge in [-0.05, 0) is 12.1 Å². The van der Waals surface area contributed by atoms with E-state index in [2.05, 4.69) is 15.0 Å². The van der Waals surface area contributed by atoms with E-state index in [-0.39, 0.29) is 5.75 Å². The summed E-state index contributed by atoms with van der Waals surface area (Å²) in [6, 6.07) is 3.19. The van der Waals surface area contributed by atoms with Crippen LogP contribution in [0.25, 0.3) is 11.4 Å². The van der Waals surface area contributed by atoms with Crippen molar-refractivity contribution < 1.29 is 9.84 Å². The SMILES string of the molecule is COc1nccnc1-c1ccc(O)cn1. The molecule has 0 unspecified atom stereocenters. The second kappa shape index (κ2) is 3.91. The molecule has 5 heteroatoms. The Bertz CT molecular complexity index is 456. The Hall–Kier alpha value is -2.17. The molecule has 2 rings (SSSR count). The summed E-state index contributed by atoms with van der Waals surface area (Å²) in [5.41, 5.74) is 1.16. The summed E-state index contributed by atoms with van der Waals surface area (Å²) in [6.45, 7) is 0. The van der Waals surface area contributed by atoms with E-state index in [9.17, 15) is 0 Å². The maximum atomic E-state index is 9.10. The highest BCUT2D eigenvalue weighted by Gasteiger charge is 2.08. The highest BCUT2D eigenvalue weighted by Crippen LogP contribution is 2.23. The maximum Gasteiger partial charge on any atom is 0.241 e. The molecule has 0 aromatic carbocycles. The van der Waals surface area contributed by atoms with E-state index in [1.54, 1.807) is 18.5 Å². The summed E-state index contributed by atoms with van der Waals surface area (Å²) in [5, 5.41) is 9.10. The molecule has 0 saturated carbocycles. The lowest BCUT2D eigenvalue weighted by atomic mass is 10.2. The lowest BCUT2D eigenvalue weighted by molar-refractivity contribution is 0.397. The minimum absolute atomic E-state index is 0.113. The van der Waals surface area contributed by atoms with Gasteiger partial charge < -0.3 is 9.84 Å². The van der Waals surface area contributed by atoms with Crippen LogP contribution < -0.4 is 4.74 Å². The van der Waals surface area contributed by atoms with Crippen LogP contribution in [0.2, 0.25) is 0 Å². The molecule has 1 N–H and O–H groups in total. The van der Waals surface area contributed by atoms with Crippen molar-refractivity contribution in [2.24, 2.45) is 0 Å². The second-order valence-electron chi connectivity index (χ2n) is 2.82. The molecule has 0 amide bonds. The number of nitrogens with zero attached hydrogens (tertiary/aromatic N) is 3. The first-order chi connectivity index (χ1) is 7.31. The Morgan fingerprint density at radius 3 is 2.60 bits per heavy atom. The van der Waals surface area contributed by atoms with Crippen molar-refractivity contribution >= 4 is 0 Å². The van der Waals surface area contributed by atoms with Crippen LogP contribution in [0.15, 0.2) is 30.7 Å². The fraction of sp³-hybridized carbons (Fsp3) is 0.100. The first kappa shape index (κ1) is 9.39. The quantitative estimate of drug-likeness (QED) is 0.795. The van der Waals surface area contributed by atoms with Gasteiger partial charge in [0.05, 0.1) is 19.0 Å². The number of methoxy groups -OCH3 is 1. The van der Waals surface area contributed by atoms with E-state index in [1.165, 1.54) is 19.4 Å². The van der Waals surface area contributed by atoms with Crippen LogP contribution >= 0.6 is 0 Å². The zero-order valence-electron chi connectivity index (χ0n) is 8.08. The van der Waals surface area contributed by atoms with Crippen molar-refractivity contribution in [3.8, 4) is 23.0 Å². The molecule has 5 nitrogen and oxygen atoms in total. The lowest BCUT2D eigenvalue weighted by Crippen LogP contribution is -1.94. The number of aromatic hydroxyl groups is 1. The summed E-state index contributed by atoms with van der Waals surface area (Å²) in [6.07, 6.45) is 4.46. The second-order valence-corrected chi connectivity index (χ2v) is 2.82. The molecule has 0 saturated heterocycles. The molecule has 0 aliphatic rings. The van der Waals surface area contributed by atoms with Gasteiger partial charge in [-0.3, -0.25) is 4.98 Å². The van der Waals surface area contributed by atoms with Crippen LogP contribution in [0.3, 0.4) is 0 Å². The third-order valence-corrected chi connectivity index (χ3v) is 1.85. The van der Waals surface area contributed by atoms with E-state index < -0.39 is 0 Å². The normalized spacial score (nSPS) is 9.93. The van der Waals surface area contributed by atoms with Gasteiger partial charge >= 0.3 is 0 Å². The molecule has 2 aromatic rings. The summed E-state index contributed by atoms with van der Waals surface area (Å²) in [5.74, 6) is 0.525. The number of pyridine rings is 1. The molecule has 76 valence electrons. The van der Waals surface area contributed by atoms with Crippen LogP contribution in [-0.2, 0) is 0 Å². The average Bonchev–Trinajstić information content (AvgIpc) is 2.30. The number of hydrogen-bond donors (Lipinski definition) is 1. The van der Waals surface area contributed by atoms with E-state index in [1.807, 2.05) is 0 Å². The van der Waals surface area contributed by atoms with Gasteiger partial charge in [0.15, 0.2) is 5.69 Å². The number of hydrogen-bond acceptors (Lipinski definition) is 5. The highest BCUT2D eigenvalue weighted by atomic mass is 16.5. The van der Waals surface area contributed by atoms with Crippen LogP contribution in [-0.4, -0.2) is 27.2 Å². The lowest BCUT2D eigenvalue weighted by Gasteiger charge is -2.04. The van der Waals surface area contributed by atoms with Crippen molar-refractivity contribution in [2.75, 3.05) is 7.11 Å². The monoisotopic (exact) mass is 203 g/mol. The number of aromatic nitrogens is 3. The van der Waals surface area contributed by atoms with Crippen molar-refractivity contribution in [3.63, 3.8) is 0 Å². The van der Waals surface area contributed by atoms with Crippen molar-refractivity contribution in [1.29, 1.82) is 0 Å². The van der Waals surface area contributed by atoms with Crippen molar-refractivity contribution in [1.82, 2.24) is 15.0 Å². The van der Waals surface area contributed by atoms with Crippen LogP contribution in [0.1, 0.15) is 0 Å². The molecule has 15 heavy (non-hydrogen) atoms. The van der Waals surface area contributed by atoms with Gasteiger partial charge in [-0.1, -0.05) is 0 Å². The molecule has 0 aliphatic heterocycles. The van der Waals surface area contributed by atoms with Gasteiger partial charge in [0.25, 0.3) is 0 Å². The molecule has 2 aromatic heterocycles. The van der Waals surface area contributed by atoms with Gasteiger partial charge in [-0.15, -0.1) is 0 Å². The van der Waals surface area contributed by atoms with E-state index in [0.717, 1.165) is 0 Å². The van der Waals surface area contributed by atoms with E-state index in [0.29, 0.717) is 17.3 Å². The molecular weight excluding hydrogens is 194 g/mol. The van der Waals surface area contributed by atoms with Crippen molar-refractivity contribution in [2.45, 2.75) is 0 Å². The Morgan fingerprint density at radius 2 is 1.93 bits per heavy atom. The van der Waals surface area contributed by atoms with Crippen molar-refractivity contribution in [3.05, 3.63) is 30.7 Å². The molecular formula is C10H9N3O2. The van der Waals surface area contributed by atoms with Gasteiger partial charge in [0.1, 0.15) is 5.75 Å². The molecule has 0 atom stereocenters. The maximum absolute atomic E-state index is 9.10. The Balaban J connectivity index is 2.49. The Labute approximate surface area is 86.4 Å². The van der Waals surface area contributed by atoms with E-state index >= 15 is 0 Å². The Morgan fingerprint density at radius 1 is 1.13 bits per heavy atom. The fourth-order valence-electron chi connectivity index (χ4n) is 1.18. The summed E-state index contributed by atoms with van der Waals surface area (Å²) >= 11 is 0. The average molecular weight is 203 g/mol. The molecule has 0 radical (unpaired) electrons. The Kier molecular flexibility index (Phi) is 2.45. The van der Waals surface area contributed by atoms with Gasteiger partial charge in [0.2, 0.25) is 5.88 Å². The molecule has 2 heterocycles. The molecule has 0 aliphatic carbocycles. The largest absolute Gasteiger partial charge is 0.506 e. The topological polar surface area (TPSA) is 68.1 Å². The smallest absolute Gasteiger partial charge is 0.241 e. The minimum Gasteiger partial charge on any atom is -0.506 e. The third kappa shape index (κ3) is 1.85. The van der Waals surface area contributed by atoms with E-state index in [4.69, 9.17) is 9.84 Å². The van der Waals surface area contributed by atoms with Gasteiger partial charge in [-0.2, -0.15) is 0 Å². The first-order valence-corrected chi connectivity index (χ1v) is 4.31. The highest BCUT2D eigenvalue weighted by molar-refractivity contribution is 5.59.